The minimum absolute atomic E-state index is 0.116. The zero-order chi connectivity index (χ0) is 20.9. The molecule has 0 radical (unpaired) electrons. The van der Waals surface area contributed by atoms with Crippen LogP contribution in [0.1, 0.15) is 22.5 Å². The van der Waals surface area contributed by atoms with Gasteiger partial charge in [0.25, 0.3) is 0 Å². The predicted octanol–water partition coefficient (Wildman–Crippen LogP) is 3.39. The Kier molecular flexibility index (Phi) is 6.05. The zero-order valence-corrected chi connectivity index (χ0v) is 17.2. The summed E-state index contributed by atoms with van der Waals surface area (Å²) in [6, 6.07) is 16.0. The van der Waals surface area contributed by atoms with E-state index < -0.39 is 0 Å². The number of anilines is 2. The van der Waals surface area contributed by atoms with Crippen molar-refractivity contribution in [1.82, 2.24) is 9.97 Å². The molecule has 1 aliphatic rings. The second-order valence-corrected chi connectivity index (χ2v) is 7.84. The number of carbonyl (C=O) groups excluding carboxylic acids is 1. The molecule has 6 heteroatoms. The molecule has 2 aromatic heterocycles. The van der Waals surface area contributed by atoms with Gasteiger partial charge < -0.3 is 16.0 Å². The van der Waals surface area contributed by atoms with Crippen molar-refractivity contribution < 1.29 is 4.79 Å². The first-order valence-corrected chi connectivity index (χ1v) is 10.3. The maximum Gasteiger partial charge on any atom is 0.168 e. The second-order valence-electron chi connectivity index (χ2n) is 7.84. The lowest BCUT2D eigenvalue weighted by Crippen LogP contribution is -2.47. The van der Waals surface area contributed by atoms with Gasteiger partial charge in [-0.05, 0) is 42.5 Å². The van der Waals surface area contributed by atoms with Crippen molar-refractivity contribution >= 4 is 17.7 Å². The topological polar surface area (TPSA) is 84.1 Å². The Morgan fingerprint density at radius 1 is 1.17 bits per heavy atom. The Balaban J connectivity index is 1.59. The summed E-state index contributed by atoms with van der Waals surface area (Å²) < 4.78 is 0. The van der Waals surface area contributed by atoms with Crippen LogP contribution in [0.15, 0.2) is 60.9 Å². The van der Waals surface area contributed by atoms with E-state index in [9.17, 15) is 4.79 Å². The van der Waals surface area contributed by atoms with E-state index in [1.807, 2.05) is 43.7 Å². The molecule has 0 spiro atoms. The van der Waals surface area contributed by atoms with Gasteiger partial charge in [-0.3, -0.25) is 9.78 Å². The third-order valence-electron chi connectivity index (χ3n) is 5.67. The molecule has 3 aromatic rings. The summed E-state index contributed by atoms with van der Waals surface area (Å²) in [6.45, 7) is 1.77. The van der Waals surface area contributed by atoms with Crippen molar-refractivity contribution in [2.45, 2.75) is 18.9 Å². The maximum absolute atomic E-state index is 11.2. The number of hydrogen-bond donors (Lipinski definition) is 2. The van der Waals surface area contributed by atoms with Crippen LogP contribution in [0.25, 0.3) is 11.3 Å². The van der Waals surface area contributed by atoms with Gasteiger partial charge in [-0.1, -0.05) is 30.3 Å². The lowest BCUT2D eigenvalue weighted by atomic mass is 9.86. The smallest absolute Gasteiger partial charge is 0.168 e. The van der Waals surface area contributed by atoms with Crippen molar-refractivity contribution in [3.8, 4) is 11.3 Å². The Morgan fingerprint density at radius 3 is 2.87 bits per heavy atom. The number of piperidine rings is 1. The van der Waals surface area contributed by atoms with Crippen LogP contribution in [0.5, 0.6) is 0 Å². The van der Waals surface area contributed by atoms with Gasteiger partial charge in [0.2, 0.25) is 0 Å². The van der Waals surface area contributed by atoms with E-state index in [0.29, 0.717) is 11.6 Å². The maximum atomic E-state index is 11.2. The minimum atomic E-state index is 0.116. The van der Waals surface area contributed by atoms with Gasteiger partial charge in [0.1, 0.15) is 5.69 Å². The highest BCUT2D eigenvalue weighted by Gasteiger charge is 2.27. The van der Waals surface area contributed by atoms with Crippen molar-refractivity contribution in [2.75, 3.05) is 30.4 Å². The summed E-state index contributed by atoms with van der Waals surface area (Å²) in [5.74, 6) is 0.419. The molecule has 0 saturated carbocycles. The fraction of sp³-hybridized carbons (Fsp3) is 0.292. The van der Waals surface area contributed by atoms with Gasteiger partial charge >= 0.3 is 0 Å². The molecule has 0 bridgehead atoms. The summed E-state index contributed by atoms with van der Waals surface area (Å²) in [6.07, 6.45) is 6.36. The Bertz CT molecular complexity index is 1020. The van der Waals surface area contributed by atoms with Gasteiger partial charge in [0.05, 0.1) is 23.3 Å². The molecule has 6 nitrogen and oxygen atoms in total. The van der Waals surface area contributed by atoms with Gasteiger partial charge in [-0.25, -0.2) is 4.98 Å². The van der Waals surface area contributed by atoms with E-state index in [1.54, 1.807) is 6.07 Å². The van der Waals surface area contributed by atoms with Crippen LogP contribution in [0.3, 0.4) is 0 Å². The fourth-order valence-corrected chi connectivity index (χ4v) is 4.37. The first-order valence-electron chi connectivity index (χ1n) is 10.3. The molecule has 154 valence electrons. The van der Waals surface area contributed by atoms with Gasteiger partial charge in [-0.2, -0.15) is 0 Å². The number of aromatic nitrogens is 2. The molecular weight excluding hydrogens is 374 g/mol. The zero-order valence-electron chi connectivity index (χ0n) is 17.2. The molecule has 2 unspecified atom stereocenters. The molecule has 2 atom stereocenters. The first kappa shape index (κ1) is 20.0. The molecule has 1 saturated heterocycles. The van der Waals surface area contributed by atoms with Crippen LogP contribution in [0.2, 0.25) is 0 Å². The number of hydrogen-bond acceptors (Lipinski definition) is 6. The van der Waals surface area contributed by atoms with Crippen LogP contribution >= 0.6 is 0 Å². The molecule has 30 heavy (non-hydrogen) atoms. The highest BCUT2D eigenvalue weighted by atomic mass is 16.1. The highest BCUT2D eigenvalue weighted by Crippen LogP contribution is 2.32. The van der Waals surface area contributed by atoms with E-state index in [0.717, 1.165) is 54.8 Å². The molecule has 3 N–H and O–H groups in total. The molecule has 0 aliphatic carbocycles. The molecule has 1 aromatic carbocycles. The van der Waals surface area contributed by atoms with E-state index in [-0.39, 0.29) is 6.04 Å². The Hall–Kier alpha value is -3.25. The van der Waals surface area contributed by atoms with Gasteiger partial charge in [0, 0.05) is 37.9 Å². The largest absolute Gasteiger partial charge is 0.385 e. The number of nitrogens with two attached hydrogens (primary N) is 1. The van der Waals surface area contributed by atoms with Crippen LogP contribution in [-0.2, 0) is 6.42 Å². The minimum Gasteiger partial charge on any atom is -0.385 e. The number of rotatable bonds is 6. The monoisotopic (exact) mass is 401 g/mol. The van der Waals surface area contributed by atoms with Gasteiger partial charge in [0.15, 0.2) is 6.29 Å². The summed E-state index contributed by atoms with van der Waals surface area (Å²) in [7, 11) is 1.92. The Morgan fingerprint density at radius 2 is 2.03 bits per heavy atom. The highest BCUT2D eigenvalue weighted by molar-refractivity contribution is 5.74. The number of nitrogens with zero attached hydrogens (tertiary/aromatic N) is 3. The van der Waals surface area contributed by atoms with Crippen molar-refractivity contribution in [3.63, 3.8) is 0 Å². The van der Waals surface area contributed by atoms with Crippen LogP contribution in [0, 0.1) is 5.92 Å². The Labute approximate surface area is 177 Å². The van der Waals surface area contributed by atoms with Crippen molar-refractivity contribution in [1.29, 1.82) is 0 Å². The third kappa shape index (κ3) is 4.33. The molecule has 1 fully saturated rings. The summed E-state index contributed by atoms with van der Waals surface area (Å²) in [4.78, 5) is 22.2. The average Bonchev–Trinajstić information content (AvgIpc) is 2.79. The quantitative estimate of drug-likeness (QED) is 0.616. The van der Waals surface area contributed by atoms with Crippen LogP contribution in [-0.4, -0.2) is 42.4 Å². The molecule has 1 aliphatic heterocycles. The third-order valence-corrected chi connectivity index (χ3v) is 5.67. The molecule has 4 rings (SSSR count). The molecular formula is C24H27N5O. The summed E-state index contributed by atoms with van der Waals surface area (Å²) in [5.41, 5.74) is 12.2. The van der Waals surface area contributed by atoms with Crippen LogP contribution in [0.4, 0.5) is 11.4 Å². The van der Waals surface area contributed by atoms with Crippen LogP contribution < -0.4 is 16.0 Å². The molecule has 0 amide bonds. The number of benzene rings is 1. The van der Waals surface area contributed by atoms with E-state index in [2.05, 4.69) is 38.4 Å². The second kappa shape index (κ2) is 9.05. The number of aldehydes is 1. The SMILES string of the molecule is CNc1cnccc1N1CC(N)CC(Cc2ccccc2-c2cccc(C=O)n2)C1. The number of nitrogens with one attached hydrogen (secondary N) is 1. The standard InChI is InChI=1S/C24H27N5O/c1-26-23-13-27-10-9-24(23)29-14-17(12-19(25)15-29)11-18-5-2-3-7-21(18)22-8-4-6-20(16-30)28-22/h2-10,13,16-17,19,26H,11-12,14-15,25H2,1H3. The van der Waals surface area contributed by atoms with E-state index in [4.69, 9.17) is 5.73 Å². The normalized spacial score (nSPS) is 18.8. The average molecular weight is 402 g/mol. The predicted molar refractivity (Wildman–Crippen MR) is 121 cm³/mol. The lowest BCUT2D eigenvalue weighted by molar-refractivity contribution is 0.111. The summed E-state index contributed by atoms with van der Waals surface area (Å²) >= 11 is 0. The number of pyridine rings is 2. The number of carbonyl (C=O) groups is 1. The molecule has 3 heterocycles. The summed E-state index contributed by atoms with van der Waals surface area (Å²) in [5, 5.41) is 3.23. The fourth-order valence-electron chi connectivity index (χ4n) is 4.37. The van der Waals surface area contributed by atoms with Crippen molar-refractivity contribution in [3.05, 3.63) is 72.2 Å². The first-order chi connectivity index (χ1) is 14.7. The lowest BCUT2D eigenvalue weighted by Gasteiger charge is -2.38. The van der Waals surface area contributed by atoms with E-state index >= 15 is 0 Å². The van der Waals surface area contributed by atoms with Gasteiger partial charge in [-0.15, -0.1) is 0 Å². The van der Waals surface area contributed by atoms with Crippen molar-refractivity contribution in [2.24, 2.45) is 11.7 Å². The van der Waals surface area contributed by atoms with E-state index in [1.165, 1.54) is 5.56 Å².